The molecule has 0 bridgehead atoms. The van der Waals surface area contributed by atoms with E-state index < -0.39 is 6.04 Å². The van der Waals surface area contributed by atoms with E-state index in [1.54, 1.807) is 0 Å². The van der Waals surface area contributed by atoms with E-state index >= 15 is 0 Å². The van der Waals surface area contributed by atoms with E-state index in [0.29, 0.717) is 0 Å². The van der Waals surface area contributed by atoms with Crippen LogP contribution < -0.4 is 11.1 Å². The summed E-state index contributed by atoms with van der Waals surface area (Å²) in [5.41, 5.74) is 6.23. The number of carbonyl (C=O) groups excluding carboxylic acids is 1. The van der Waals surface area contributed by atoms with Gasteiger partial charge in [-0.25, -0.2) is 0 Å². The van der Waals surface area contributed by atoms with Crippen LogP contribution in [0.4, 0.5) is 0 Å². The number of nitrogens with one attached hydrogen (secondary N) is 1. The molecular weight excluding hydrogens is 176 g/mol. The highest BCUT2D eigenvalue weighted by Crippen LogP contribution is 2.12. The van der Waals surface area contributed by atoms with Crippen LogP contribution in [0.3, 0.4) is 0 Å². The van der Waals surface area contributed by atoms with Gasteiger partial charge in [0, 0.05) is 6.04 Å². The molecule has 1 aromatic carbocycles. The number of benzene rings is 1. The quantitative estimate of drug-likeness (QED) is 0.753. The minimum absolute atomic E-state index is 0.229. The van der Waals surface area contributed by atoms with Gasteiger partial charge in [-0.15, -0.1) is 0 Å². The zero-order valence-electron chi connectivity index (χ0n) is 8.53. The Kier molecular flexibility index (Phi) is 3.65. The summed E-state index contributed by atoms with van der Waals surface area (Å²) in [6.45, 7) is 3.97. The summed E-state index contributed by atoms with van der Waals surface area (Å²) in [7, 11) is 0. The molecule has 1 aromatic rings. The van der Waals surface area contributed by atoms with Crippen molar-refractivity contribution in [2.24, 2.45) is 5.73 Å². The van der Waals surface area contributed by atoms with Gasteiger partial charge < -0.3 is 5.73 Å². The Labute approximate surface area is 84.3 Å². The molecule has 0 aliphatic rings. The molecule has 0 spiro atoms. The highest BCUT2D eigenvalue weighted by molar-refractivity contribution is 5.81. The van der Waals surface area contributed by atoms with E-state index in [1.165, 1.54) is 0 Å². The molecule has 0 aliphatic carbocycles. The second kappa shape index (κ2) is 4.77. The third-order valence-corrected chi connectivity index (χ3v) is 1.92. The molecule has 1 amide bonds. The largest absolute Gasteiger partial charge is 0.368 e. The maximum Gasteiger partial charge on any atom is 0.239 e. The number of primary amides is 1. The molecular formula is C11H16N2O. The van der Waals surface area contributed by atoms with E-state index in [1.807, 2.05) is 44.2 Å². The van der Waals surface area contributed by atoms with Crippen molar-refractivity contribution in [1.29, 1.82) is 0 Å². The summed E-state index contributed by atoms with van der Waals surface area (Å²) in [5, 5.41) is 3.12. The molecule has 3 nitrogen and oxygen atoms in total. The predicted molar refractivity (Wildman–Crippen MR) is 56.6 cm³/mol. The fraction of sp³-hybridized carbons (Fsp3) is 0.364. The van der Waals surface area contributed by atoms with Crippen molar-refractivity contribution in [3.05, 3.63) is 35.9 Å². The van der Waals surface area contributed by atoms with Crippen molar-refractivity contribution in [2.45, 2.75) is 25.9 Å². The number of hydrogen-bond donors (Lipinski definition) is 2. The number of rotatable bonds is 4. The lowest BCUT2D eigenvalue weighted by Gasteiger charge is -2.18. The Morgan fingerprint density at radius 3 is 2.29 bits per heavy atom. The lowest BCUT2D eigenvalue weighted by molar-refractivity contribution is -0.120. The lowest BCUT2D eigenvalue weighted by atomic mass is 10.1. The highest BCUT2D eigenvalue weighted by Gasteiger charge is 2.17. The van der Waals surface area contributed by atoms with Crippen LogP contribution in [-0.4, -0.2) is 11.9 Å². The summed E-state index contributed by atoms with van der Waals surface area (Å²) in [6.07, 6.45) is 0. The first-order valence-electron chi connectivity index (χ1n) is 4.71. The Hall–Kier alpha value is -1.35. The summed E-state index contributed by atoms with van der Waals surface area (Å²) < 4.78 is 0. The van der Waals surface area contributed by atoms with Crippen LogP contribution in [0.2, 0.25) is 0 Å². The highest BCUT2D eigenvalue weighted by atomic mass is 16.1. The summed E-state index contributed by atoms with van der Waals surface area (Å²) in [6, 6.07) is 9.33. The van der Waals surface area contributed by atoms with Crippen molar-refractivity contribution >= 4 is 5.91 Å². The van der Waals surface area contributed by atoms with Gasteiger partial charge in [-0.2, -0.15) is 0 Å². The Morgan fingerprint density at radius 1 is 1.29 bits per heavy atom. The Morgan fingerprint density at radius 2 is 1.86 bits per heavy atom. The Balaban J connectivity index is 2.84. The molecule has 3 N–H and O–H groups in total. The molecule has 0 heterocycles. The topological polar surface area (TPSA) is 55.1 Å². The molecule has 1 atom stereocenters. The van der Waals surface area contributed by atoms with Gasteiger partial charge in [0.2, 0.25) is 5.91 Å². The van der Waals surface area contributed by atoms with Gasteiger partial charge in [-0.1, -0.05) is 30.3 Å². The molecule has 3 heteroatoms. The molecule has 0 saturated heterocycles. The molecule has 0 aromatic heterocycles. The van der Waals surface area contributed by atoms with Crippen LogP contribution in [-0.2, 0) is 4.79 Å². The monoisotopic (exact) mass is 192 g/mol. The van der Waals surface area contributed by atoms with Gasteiger partial charge in [0.15, 0.2) is 0 Å². The van der Waals surface area contributed by atoms with Crippen molar-refractivity contribution in [3.8, 4) is 0 Å². The van der Waals surface area contributed by atoms with Crippen molar-refractivity contribution < 1.29 is 4.79 Å². The summed E-state index contributed by atoms with van der Waals surface area (Å²) in [4.78, 5) is 11.2. The van der Waals surface area contributed by atoms with Crippen LogP contribution in [0.25, 0.3) is 0 Å². The smallest absolute Gasteiger partial charge is 0.239 e. The zero-order valence-corrected chi connectivity index (χ0v) is 8.53. The third-order valence-electron chi connectivity index (χ3n) is 1.92. The number of nitrogens with two attached hydrogens (primary N) is 1. The second-order valence-corrected chi connectivity index (χ2v) is 3.57. The van der Waals surface area contributed by atoms with Gasteiger partial charge in [0.1, 0.15) is 6.04 Å². The van der Waals surface area contributed by atoms with Gasteiger partial charge in [-0.3, -0.25) is 10.1 Å². The van der Waals surface area contributed by atoms with Crippen LogP contribution in [0.1, 0.15) is 25.5 Å². The van der Waals surface area contributed by atoms with Gasteiger partial charge >= 0.3 is 0 Å². The molecule has 0 aliphatic heterocycles. The fourth-order valence-electron chi connectivity index (χ4n) is 1.32. The maximum atomic E-state index is 11.2. The first-order valence-corrected chi connectivity index (χ1v) is 4.71. The van der Waals surface area contributed by atoms with E-state index in [2.05, 4.69) is 5.32 Å². The zero-order chi connectivity index (χ0) is 10.6. The molecule has 0 unspecified atom stereocenters. The first kappa shape index (κ1) is 10.7. The van der Waals surface area contributed by atoms with E-state index in [-0.39, 0.29) is 11.9 Å². The molecule has 0 fully saturated rings. The average Bonchev–Trinajstić information content (AvgIpc) is 2.15. The normalized spacial score (nSPS) is 12.8. The second-order valence-electron chi connectivity index (χ2n) is 3.57. The van der Waals surface area contributed by atoms with E-state index in [0.717, 1.165) is 5.56 Å². The molecule has 1 rings (SSSR count). The molecule has 0 radical (unpaired) electrons. The van der Waals surface area contributed by atoms with Crippen LogP contribution in [0.5, 0.6) is 0 Å². The van der Waals surface area contributed by atoms with Gasteiger partial charge in [-0.05, 0) is 19.4 Å². The maximum absolute atomic E-state index is 11.2. The minimum Gasteiger partial charge on any atom is -0.368 e. The molecule has 76 valence electrons. The molecule has 0 saturated carbocycles. The van der Waals surface area contributed by atoms with Crippen molar-refractivity contribution in [3.63, 3.8) is 0 Å². The number of hydrogen-bond acceptors (Lipinski definition) is 2. The molecule has 14 heavy (non-hydrogen) atoms. The van der Waals surface area contributed by atoms with Gasteiger partial charge in [0.25, 0.3) is 0 Å². The average molecular weight is 192 g/mol. The minimum atomic E-state index is -0.392. The lowest BCUT2D eigenvalue weighted by Crippen LogP contribution is -2.37. The van der Waals surface area contributed by atoms with Crippen molar-refractivity contribution in [1.82, 2.24) is 5.32 Å². The van der Waals surface area contributed by atoms with Crippen LogP contribution >= 0.6 is 0 Å². The van der Waals surface area contributed by atoms with Gasteiger partial charge in [0.05, 0.1) is 0 Å². The Bertz CT molecular complexity index is 295. The summed E-state index contributed by atoms with van der Waals surface area (Å²) in [5.74, 6) is -0.343. The SMILES string of the molecule is CC(C)N[C@@H](C(N)=O)c1ccccc1. The standard InChI is InChI=1S/C11H16N2O/c1-8(2)13-10(11(12)14)9-6-4-3-5-7-9/h3-8,10,13H,1-2H3,(H2,12,14)/t10-/m1/s1. The van der Waals surface area contributed by atoms with E-state index in [9.17, 15) is 4.79 Å². The fourth-order valence-corrected chi connectivity index (χ4v) is 1.32. The van der Waals surface area contributed by atoms with Crippen LogP contribution in [0.15, 0.2) is 30.3 Å². The predicted octanol–water partition coefficient (Wildman–Crippen LogP) is 1.21. The third kappa shape index (κ3) is 2.85. The van der Waals surface area contributed by atoms with E-state index in [4.69, 9.17) is 5.73 Å². The first-order chi connectivity index (χ1) is 6.61. The summed E-state index contributed by atoms with van der Waals surface area (Å²) >= 11 is 0. The van der Waals surface area contributed by atoms with Crippen LogP contribution in [0, 0.1) is 0 Å². The van der Waals surface area contributed by atoms with Crippen molar-refractivity contribution in [2.75, 3.05) is 0 Å². The number of amides is 1. The number of carbonyl (C=O) groups is 1.